The summed E-state index contributed by atoms with van der Waals surface area (Å²) >= 11 is 0. The number of nitriles is 1. The smallest absolute Gasteiger partial charge is 0.308 e. The molecule has 1 N–H and O–H groups in total. The van der Waals surface area contributed by atoms with Gasteiger partial charge in [-0.05, 0) is 72.6 Å². The van der Waals surface area contributed by atoms with Gasteiger partial charge in [-0.25, -0.2) is 0 Å². The van der Waals surface area contributed by atoms with Gasteiger partial charge in [0.15, 0.2) is 0 Å². The van der Waals surface area contributed by atoms with E-state index in [1.165, 1.54) is 11.8 Å². The maximum absolute atomic E-state index is 13.4. The Bertz CT molecular complexity index is 1500. The van der Waals surface area contributed by atoms with Gasteiger partial charge in [-0.15, -0.1) is 0 Å². The Kier molecular flexibility index (Phi) is 5.98. The third kappa shape index (κ3) is 4.32. The van der Waals surface area contributed by atoms with Crippen molar-refractivity contribution in [1.82, 2.24) is 0 Å². The molecule has 37 heavy (non-hydrogen) atoms. The summed E-state index contributed by atoms with van der Waals surface area (Å²) in [6.45, 7) is 3.23. The molecule has 0 radical (unpaired) electrons. The third-order valence-electron chi connectivity index (χ3n) is 6.35. The van der Waals surface area contributed by atoms with Gasteiger partial charge in [-0.3, -0.25) is 19.3 Å². The van der Waals surface area contributed by atoms with Crippen LogP contribution in [0.2, 0.25) is 0 Å². The van der Waals surface area contributed by atoms with E-state index in [-0.39, 0.29) is 17.4 Å². The average Bonchev–Trinajstić information content (AvgIpc) is 3.39. The van der Waals surface area contributed by atoms with E-state index in [0.717, 1.165) is 11.3 Å². The van der Waals surface area contributed by atoms with Crippen molar-refractivity contribution < 1.29 is 29.0 Å². The van der Waals surface area contributed by atoms with Gasteiger partial charge < -0.3 is 14.6 Å². The molecule has 2 heterocycles. The van der Waals surface area contributed by atoms with Crippen LogP contribution in [-0.4, -0.2) is 28.9 Å². The molecule has 8 nitrogen and oxygen atoms in total. The van der Waals surface area contributed by atoms with Gasteiger partial charge in [0, 0.05) is 24.6 Å². The van der Waals surface area contributed by atoms with Crippen molar-refractivity contribution in [3.05, 3.63) is 94.6 Å². The van der Waals surface area contributed by atoms with Crippen LogP contribution in [-0.2, 0) is 20.8 Å². The van der Waals surface area contributed by atoms with Crippen molar-refractivity contribution >= 4 is 29.1 Å². The Morgan fingerprint density at radius 1 is 1.08 bits per heavy atom. The fraction of sp³-hybridized carbons (Fsp3) is 0.172. The number of hydrogen-bond acceptors (Lipinski definition) is 7. The van der Waals surface area contributed by atoms with Crippen molar-refractivity contribution in [2.45, 2.75) is 32.4 Å². The number of esters is 1. The summed E-state index contributed by atoms with van der Waals surface area (Å²) in [6, 6.07) is 18.9. The number of aliphatic hydroxyl groups is 1. The molecule has 2 unspecified atom stereocenters. The molecule has 3 aromatic carbocycles. The lowest BCUT2D eigenvalue weighted by atomic mass is 9.94. The molecule has 1 fully saturated rings. The summed E-state index contributed by atoms with van der Waals surface area (Å²) in [5, 5.41) is 20.5. The summed E-state index contributed by atoms with van der Waals surface area (Å²) in [5.74, 6) is -1.39. The second kappa shape index (κ2) is 9.28. The lowest BCUT2D eigenvalue weighted by Crippen LogP contribution is -2.29. The second-order valence-corrected chi connectivity index (χ2v) is 8.95. The number of hydrogen-bond donors (Lipinski definition) is 1. The highest BCUT2D eigenvalue weighted by atomic mass is 16.5. The third-order valence-corrected chi connectivity index (χ3v) is 6.35. The van der Waals surface area contributed by atoms with E-state index in [2.05, 4.69) is 0 Å². The molecule has 3 aromatic rings. The molecule has 2 aliphatic rings. The Morgan fingerprint density at radius 2 is 1.78 bits per heavy atom. The average molecular weight is 495 g/mol. The van der Waals surface area contributed by atoms with Gasteiger partial charge in [-0.2, -0.15) is 5.26 Å². The van der Waals surface area contributed by atoms with E-state index < -0.39 is 23.7 Å². The number of carbonyl (C=O) groups is 3. The van der Waals surface area contributed by atoms with Crippen molar-refractivity contribution in [3.8, 4) is 17.6 Å². The Hall–Kier alpha value is -4.90. The van der Waals surface area contributed by atoms with E-state index in [0.29, 0.717) is 34.5 Å². The number of carbonyl (C=O) groups excluding carboxylic acids is 3. The molecule has 0 aromatic heterocycles. The monoisotopic (exact) mass is 494 g/mol. The van der Waals surface area contributed by atoms with Crippen LogP contribution in [0.5, 0.6) is 11.5 Å². The number of ether oxygens (including phenoxy) is 2. The number of fused-ring (bicyclic) bond motifs is 1. The van der Waals surface area contributed by atoms with Crippen LogP contribution in [0.25, 0.3) is 5.76 Å². The van der Waals surface area contributed by atoms with Gasteiger partial charge in [-0.1, -0.05) is 12.1 Å². The van der Waals surface area contributed by atoms with Crippen LogP contribution >= 0.6 is 0 Å². The summed E-state index contributed by atoms with van der Waals surface area (Å²) in [4.78, 5) is 39.3. The highest BCUT2D eigenvalue weighted by molar-refractivity contribution is 6.51. The summed E-state index contributed by atoms with van der Waals surface area (Å²) < 4.78 is 10.9. The number of benzene rings is 3. The Labute approximate surface area is 213 Å². The van der Waals surface area contributed by atoms with E-state index in [4.69, 9.17) is 14.7 Å². The fourth-order valence-electron chi connectivity index (χ4n) is 4.72. The van der Waals surface area contributed by atoms with E-state index >= 15 is 0 Å². The first-order valence-corrected chi connectivity index (χ1v) is 11.7. The molecule has 5 rings (SSSR count). The number of rotatable bonds is 4. The van der Waals surface area contributed by atoms with Crippen LogP contribution in [0, 0.1) is 11.3 Å². The molecule has 0 spiro atoms. The van der Waals surface area contributed by atoms with E-state index in [1.54, 1.807) is 66.7 Å². The maximum atomic E-state index is 13.4. The first kappa shape index (κ1) is 23.8. The van der Waals surface area contributed by atoms with Crippen molar-refractivity contribution in [1.29, 1.82) is 5.26 Å². The molecule has 8 heteroatoms. The van der Waals surface area contributed by atoms with Crippen LogP contribution in [0.15, 0.2) is 72.3 Å². The van der Waals surface area contributed by atoms with Gasteiger partial charge in [0.2, 0.25) is 0 Å². The number of Topliss-reactive ketones (excluding diaryl/α,β-unsaturated/α-hetero) is 1. The lowest BCUT2D eigenvalue weighted by molar-refractivity contribution is -0.132. The standard InChI is InChI=1S/C29H22N2O6/c1-16-13-21-14-20(7-12-24(21)36-16)27(33)25-26(19-5-10-23(11-6-19)37-17(2)32)31(29(35)28(25)34)22-8-3-18(15-30)4-9-22/h3-12,14,16,26,33H,13H2,1-2H3/b27-25-. The topological polar surface area (TPSA) is 117 Å². The van der Waals surface area contributed by atoms with Crippen molar-refractivity contribution in [2.24, 2.45) is 0 Å². The lowest BCUT2D eigenvalue weighted by Gasteiger charge is -2.25. The van der Waals surface area contributed by atoms with Crippen LogP contribution in [0.1, 0.15) is 42.1 Å². The molecular weight excluding hydrogens is 472 g/mol. The highest BCUT2D eigenvalue weighted by Gasteiger charge is 2.47. The molecule has 0 aliphatic carbocycles. The van der Waals surface area contributed by atoms with Gasteiger partial charge in [0.1, 0.15) is 23.4 Å². The van der Waals surface area contributed by atoms with Gasteiger partial charge >= 0.3 is 5.97 Å². The summed E-state index contributed by atoms with van der Waals surface area (Å²) in [7, 11) is 0. The number of nitrogens with zero attached hydrogens (tertiary/aromatic N) is 2. The molecule has 2 atom stereocenters. The Balaban J connectivity index is 1.65. The fourth-order valence-corrected chi connectivity index (χ4v) is 4.72. The predicted molar refractivity (Wildman–Crippen MR) is 134 cm³/mol. The second-order valence-electron chi connectivity index (χ2n) is 8.95. The van der Waals surface area contributed by atoms with Crippen LogP contribution in [0.3, 0.4) is 0 Å². The van der Waals surface area contributed by atoms with Crippen molar-refractivity contribution in [3.63, 3.8) is 0 Å². The normalized spacial score (nSPS) is 19.8. The first-order valence-electron chi connectivity index (χ1n) is 11.7. The molecule has 1 amide bonds. The largest absolute Gasteiger partial charge is 0.507 e. The molecule has 1 saturated heterocycles. The van der Waals surface area contributed by atoms with Crippen LogP contribution in [0.4, 0.5) is 5.69 Å². The first-order chi connectivity index (χ1) is 17.8. The predicted octanol–water partition coefficient (Wildman–Crippen LogP) is 4.43. The minimum absolute atomic E-state index is 0.00472. The summed E-state index contributed by atoms with van der Waals surface area (Å²) in [5.41, 5.74) is 2.55. The molecular formula is C29H22N2O6. The molecule has 2 aliphatic heterocycles. The number of ketones is 1. The van der Waals surface area contributed by atoms with E-state index in [9.17, 15) is 19.5 Å². The highest BCUT2D eigenvalue weighted by Crippen LogP contribution is 2.43. The van der Waals surface area contributed by atoms with Crippen molar-refractivity contribution in [2.75, 3.05) is 4.90 Å². The maximum Gasteiger partial charge on any atom is 0.308 e. The number of aliphatic hydroxyl groups excluding tert-OH is 1. The zero-order chi connectivity index (χ0) is 26.3. The Morgan fingerprint density at radius 3 is 2.43 bits per heavy atom. The molecule has 0 saturated carbocycles. The van der Waals surface area contributed by atoms with E-state index in [1.807, 2.05) is 13.0 Å². The number of amides is 1. The SMILES string of the molecule is CC(=O)Oc1ccc(C2/C(=C(/O)c3ccc4c(c3)CC(C)O4)C(=O)C(=O)N2c2ccc(C#N)cc2)cc1. The summed E-state index contributed by atoms with van der Waals surface area (Å²) in [6.07, 6.45) is 0.668. The van der Waals surface area contributed by atoms with Crippen LogP contribution < -0.4 is 14.4 Å². The zero-order valence-corrected chi connectivity index (χ0v) is 20.1. The van der Waals surface area contributed by atoms with Gasteiger partial charge in [0.25, 0.3) is 11.7 Å². The zero-order valence-electron chi connectivity index (χ0n) is 20.1. The minimum atomic E-state index is -0.956. The quantitative estimate of drug-likeness (QED) is 0.187. The minimum Gasteiger partial charge on any atom is -0.507 e. The molecule has 184 valence electrons. The van der Waals surface area contributed by atoms with Gasteiger partial charge in [0.05, 0.1) is 23.2 Å². The number of anilines is 1. The molecule has 0 bridgehead atoms.